The number of likely N-dealkylation sites (tertiary alicyclic amines) is 2. The quantitative estimate of drug-likeness (QED) is 0.357. The molecule has 2 aliphatic heterocycles. The smallest absolute Gasteiger partial charge is 0.230 e. The minimum atomic E-state index is -0.857. The molecule has 1 aromatic carbocycles. The van der Waals surface area contributed by atoms with Crippen molar-refractivity contribution in [2.24, 2.45) is 21.9 Å². The highest BCUT2D eigenvalue weighted by Gasteiger charge is 2.47. The van der Waals surface area contributed by atoms with E-state index in [4.69, 9.17) is 11.6 Å². The van der Waals surface area contributed by atoms with Gasteiger partial charge in [-0.1, -0.05) is 42.8 Å². The molecule has 0 N–H and O–H groups in total. The second-order valence-corrected chi connectivity index (χ2v) is 15.3. The summed E-state index contributed by atoms with van der Waals surface area (Å²) in [6.45, 7) is 17.6. The summed E-state index contributed by atoms with van der Waals surface area (Å²) in [6.07, 6.45) is 4.81. The summed E-state index contributed by atoms with van der Waals surface area (Å²) in [6, 6.07) is 8.03. The molecule has 1 aromatic rings. The molecule has 1 unspecified atom stereocenters. The lowest BCUT2D eigenvalue weighted by Gasteiger charge is -2.45. The van der Waals surface area contributed by atoms with E-state index in [1.165, 1.54) is 0 Å². The fraction of sp³-hybridized carbons (Fsp3) is 0.750. The number of benzene rings is 1. The van der Waals surface area contributed by atoms with E-state index < -0.39 is 5.41 Å². The van der Waals surface area contributed by atoms with Crippen LogP contribution >= 0.6 is 11.6 Å². The summed E-state index contributed by atoms with van der Waals surface area (Å²) in [5, 5.41) is 3.79. The van der Waals surface area contributed by atoms with Crippen LogP contribution in [0, 0.1) is 21.7 Å². The van der Waals surface area contributed by atoms with Crippen molar-refractivity contribution in [1.82, 2.24) is 14.7 Å². The third-order valence-electron chi connectivity index (χ3n) is 9.73. The molecule has 3 aliphatic rings. The first-order valence-electron chi connectivity index (χ1n) is 15.0. The van der Waals surface area contributed by atoms with E-state index in [1.807, 2.05) is 30.9 Å². The average molecular weight is 573 g/mol. The Morgan fingerprint density at radius 3 is 2.17 bits per heavy atom. The molecule has 3 atom stereocenters. The van der Waals surface area contributed by atoms with Crippen molar-refractivity contribution < 1.29 is 9.59 Å². The molecule has 0 aromatic heterocycles. The molecule has 40 heavy (non-hydrogen) atoms. The fourth-order valence-electron chi connectivity index (χ4n) is 6.92. The Morgan fingerprint density at radius 1 is 0.975 bits per heavy atom. The van der Waals surface area contributed by atoms with E-state index >= 15 is 0 Å². The number of halogens is 1. The van der Waals surface area contributed by atoms with E-state index in [1.54, 1.807) is 0 Å². The second kappa shape index (κ2) is 11.7. The summed E-state index contributed by atoms with van der Waals surface area (Å²) >= 11 is 6.18. The maximum Gasteiger partial charge on any atom is 0.230 e. The van der Waals surface area contributed by atoms with Crippen molar-refractivity contribution in [3.8, 4) is 0 Å². The van der Waals surface area contributed by atoms with E-state index in [0.29, 0.717) is 18.1 Å². The van der Waals surface area contributed by atoms with Crippen LogP contribution in [0.1, 0.15) is 92.1 Å². The minimum Gasteiger partial charge on any atom is -0.340 e. The van der Waals surface area contributed by atoms with E-state index in [2.05, 4.69) is 61.7 Å². The van der Waals surface area contributed by atoms with Gasteiger partial charge in [0.05, 0.1) is 23.9 Å². The Morgan fingerprint density at radius 2 is 1.60 bits per heavy atom. The third-order valence-corrected chi connectivity index (χ3v) is 9.98. The van der Waals surface area contributed by atoms with Crippen molar-refractivity contribution in [3.63, 3.8) is 0 Å². The zero-order valence-corrected chi connectivity index (χ0v) is 26.3. The Balaban J connectivity index is 1.55. The highest BCUT2D eigenvalue weighted by molar-refractivity contribution is 6.30. The van der Waals surface area contributed by atoms with Crippen LogP contribution < -0.4 is 0 Å². The van der Waals surface area contributed by atoms with Gasteiger partial charge in [-0.05, 0) is 89.8 Å². The first-order chi connectivity index (χ1) is 18.6. The molecule has 2 saturated heterocycles. The highest BCUT2D eigenvalue weighted by atomic mass is 35.5. The summed E-state index contributed by atoms with van der Waals surface area (Å²) in [4.78, 5) is 45.8. The summed E-state index contributed by atoms with van der Waals surface area (Å²) < 4.78 is 0. The standard InChI is InChI=1S/C32H49ClN4O3/c1-30(2,3)36-19-26(22-8-10-23(33)11-9-22)27(20-36)28(38)35-17-14-25(18-35)37(29(39)32(6,7)21-34-40)24-12-15-31(4,5)16-13-24/h8-11,24-27H,12-21H2,1-7H3/t25-,26-,27?/m0/s1. The van der Waals surface area contributed by atoms with Crippen LogP contribution in [-0.2, 0) is 9.59 Å². The van der Waals surface area contributed by atoms with Gasteiger partial charge in [-0.3, -0.25) is 14.5 Å². The number of nitroso groups, excluding NO2 is 1. The largest absolute Gasteiger partial charge is 0.340 e. The zero-order valence-electron chi connectivity index (χ0n) is 25.6. The number of carbonyl (C=O) groups is 2. The van der Waals surface area contributed by atoms with Crippen molar-refractivity contribution in [3.05, 3.63) is 39.8 Å². The molecule has 0 spiro atoms. The Hall–Kier alpha value is -1.99. The van der Waals surface area contributed by atoms with Gasteiger partial charge in [-0.2, -0.15) is 4.91 Å². The number of hydrogen-bond donors (Lipinski definition) is 0. The van der Waals surface area contributed by atoms with Crippen molar-refractivity contribution in [1.29, 1.82) is 0 Å². The van der Waals surface area contributed by atoms with Gasteiger partial charge in [0.1, 0.15) is 0 Å². The lowest BCUT2D eigenvalue weighted by Crippen LogP contribution is -2.55. The van der Waals surface area contributed by atoms with E-state index in [-0.39, 0.29) is 53.2 Å². The third kappa shape index (κ3) is 6.73. The van der Waals surface area contributed by atoms with Gasteiger partial charge < -0.3 is 9.80 Å². The van der Waals surface area contributed by atoms with Crippen molar-refractivity contribution in [2.75, 3.05) is 32.7 Å². The molecule has 0 radical (unpaired) electrons. The summed E-state index contributed by atoms with van der Waals surface area (Å²) in [5.74, 6) is 0.128. The predicted molar refractivity (Wildman–Crippen MR) is 161 cm³/mol. The van der Waals surface area contributed by atoms with Crippen molar-refractivity contribution >= 4 is 23.4 Å². The molecule has 2 heterocycles. The van der Waals surface area contributed by atoms with Crippen LogP contribution in [0.25, 0.3) is 0 Å². The highest BCUT2D eigenvalue weighted by Crippen LogP contribution is 2.41. The first kappa shape index (κ1) is 31.0. The van der Waals surface area contributed by atoms with Crippen LogP contribution in [0.3, 0.4) is 0 Å². The Kier molecular flexibility index (Phi) is 9.06. The number of rotatable bonds is 7. The predicted octanol–water partition coefficient (Wildman–Crippen LogP) is 6.34. The second-order valence-electron chi connectivity index (χ2n) is 14.8. The minimum absolute atomic E-state index is 0.00470. The van der Waals surface area contributed by atoms with Gasteiger partial charge in [0.15, 0.2) is 0 Å². The number of carbonyl (C=O) groups excluding carboxylic acids is 2. The van der Waals surface area contributed by atoms with Crippen LogP contribution in [-0.4, -0.2) is 76.9 Å². The molecule has 3 fully saturated rings. The molecule has 0 bridgehead atoms. The molecule has 7 nitrogen and oxygen atoms in total. The maximum absolute atomic E-state index is 14.2. The maximum atomic E-state index is 14.2. The van der Waals surface area contributed by atoms with Crippen LogP contribution in [0.4, 0.5) is 0 Å². The number of amides is 2. The Bertz CT molecular complexity index is 1070. The molecule has 2 amide bonds. The normalized spacial score (nSPS) is 26.2. The fourth-order valence-corrected chi connectivity index (χ4v) is 7.05. The molecular formula is C32H49ClN4O3. The van der Waals surface area contributed by atoms with Gasteiger partial charge in [-0.25, -0.2) is 0 Å². The lowest BCUT2D eigenvalue weighted by molar-refractivity contribution is -0.147. The van der Waals surface area contributed by atoms with Gasteiger partial charge in [-0.15, -0.1) is 0 Å². The molecule has 8 heteroatoms. The van der Waals surface area contributed by atoms with Crippen LogP contribution in [0.5, 0.6) is 0 Å². The zero-order chi connectivity index (χ0) is 29.5. The van der Waals surface area contributed by atoms with E-state index in [0.717, 1.165) is 50.8 Å². The molecule has 1 aliphatic carbocycles. The van der Waals surface area contributed by atoms with Crippen LogP contribution in [0.15, 0.2) is 29.4 Å². The summed E-state index contributed by atoms with van der Waals surface area (Å²) in [7, 11) is 0. The average Bonchev–Trinajstić information content (AvgIpc) is 3.53. The molecule has 1 saturated carbocycles. The molecular weight excluding hydrogens is 524 g/mol. The summed E-state index contributed by atoms with van der Waals surface area (Å²) in [5.41, 5.74) is 0.532. The number of hydrogen-bond acceptors (Lipinski definition) is 5. The molecule has 4 rings (SSSR count). The Labute approximate surface area is 246 Å². The number of nitrogens with zero attached hydrogens (tertiary/aromatic N) is 4. The monoisotopic (exact) mass is 572 g/mol. The van der Waals surface area contributed by atoms with E-state index in [9.17, 15) is 14.5 Å². The van der Waals surface area contributed by atoms with Gasteiger partial charge in [0.2, 0.25) is 11.8 Å². The SMILES string of the molecule is CC1(C)CCC(N(C(=O)C(C)(C)CN=O)[C@H]2CCN(C(=O)C3CN(C(C)(C)C)C[C@H]3c3ccc(Cl)cc3)C2)CC1. The lowest BCUT2D eigenvalue weighted by atomic mass is 9.74. The van der Waals surface area contributed by atoms with Gasteiger partial charge >= 0.3 is 0 Å². The van der Waals surface area contributed by atoms with Gasteiger partial charge in [0, 0.05) is 48.7 Å². The van der Waals surface area contributed by atoms with Crippen molar-refractivity contribution in [2.45, 2.75) is 104 Å². The first-order valence-corrected chi connectivity index (χ1v) is 15.4. The topological polar surface area (TPSA) is 73.3 Å². The van der Waals surface area contributed by atoms with Gasteiger partial charge in [0.25, 0.3) is 0 Å². The van der Waals surface area contributed by atoms with Crippen LogP contribution in [0.2, 0.25) is 5.02 Å². The molecule has 222 valence electrons.